The molecule has 3 N–H and O–H groups in total. The number of anilines is 2. The van der Waals surface area contributed by atoms with Crippen LogP contribution in [0.1, 0.15) is 0 Å². The lowest BCUT2D eigenvalue weighted by Crippen LogP contribution is -2.13. The minimum Gasteiger partial charge on any atom is -0.354 e. The summed E-state index contributed by atoms with van der Waals surface area (Å²) >= 11 is 0. The molecule has 0 fully saturated rings. The van der Waals surface area contributed by atoms with Crippen molar-refractivity contribution in [1.82, 2.24) is 15.0 Å². The van der Waals surface area contributed by atoms with Crippen molar-refractivity contribution in [2.75, 3.05) is 5.32 Å². The van der Waals surface area contributed by atoms with Crippen LogP contribution >= 0.6 is 0 Å². The van der Waals surface area contributed by atoms with E-state index in [2.05, 4.69) is 20.3 Å². The van der Waals surface area contributed by atoms with E-state index >= 15 is 0 Å². The monoisotopic (exact) mass is 352 g/mol. The van der Waals surface area contributed by atoms with Crippen molar-refractivity contribution >= 4 is 33.3 Å². The number of pyridine rings is 1. The minimum atomic E-state index is -0.189. The molecule has 0 unspecified atom stereocenters. The van der Waals surface area contributed by atoms with E-state index in [1.54, 1.807) is 0 Å². The van der Waals surface area contributed by atoms with Gasteiger partial charge in [0.2, 0.25) is 0 Å². The van der Waals surface area contributed by atoms with Gasteiger partial charge in [0.1, 0.15) is 11.4 Å². The second-order valence-electron chi connectivity index (χ2n) is 6.34. The number of fused-ring (bicyclic) bond motifs is 2. The van der Waals surface area contributed by atoms with Gasteiger partial charge >= 0.3 is 0 Å². The van der Waals surface area contributed by atoms with E-state index < -0.39 is 0 Å². The molecule has 0 aliphatic carbocycles. The van der Waals surface area contributed by atoms with Crippen LogP contribution in [0.25, 0.3) is 33.3 Å². The Balaban J connectivity index is 1.81. The highest BCUT2D eigenvalue weighted by atomic mass is 16.1. The van der Waals surface area contributed by atoms with Gasteiger partial charge in [-0.25, -0.2) is 4.98 Å². The van der Waals surface area contributed by atoms with Crippen molar-refractivity contribution < 1.29 is 0 Å². The second-order valence-corrected chi connectivity index (χ2v) is 6.34. The molecule has 2 heterocycles. The van der Waals surface area contributed by atoms with Crippen LogP contribution in [-0.2, 0) is 0 Å². The van der Waals surface area contributed by atoms with Crippen molar-refractivity contribution in [3.63, 3.8) is 0 Å². The second kappa shape index (κ2) is 6.14. The third-order valence-electron chi connectivity index (χ3n) is 4.59. The number of rotatable bonds is 3. The highest BCUT2D eigenvalue weighted by molar-refractivity contribution is 6.00. The predicted molar refractivity (Wildman–Crippen MR) is 109 cm³/mol. The Morgan fingerprint density at radius 1 is 0.741 bits per heavy atom. The van der Waals surface area contributed by atoms with Gasteiger partial charge in [0.15, 0.2) is 0 Å². The van der Waals surface area contributed by atoms with E-state index in [9.17, 15) is 4.79 Å². The molecule has 0 saturated heterocycles. The molecule has 0 aliphatic rings. The van der Waals surface area contributed by atoms with Gasteiger partial charge in [0.05, 0.1) is 22.2 Å². The number of hydrogen-bond donors (Lipinski definition) is 3. The Hall–Kier alpha value is -3.86. The van der Waals surface area contributed by atoms with Crippen LogP contribution in [0.2, 0.25) is 0 Å². The summed E-state index contributed by atoms with van der Waals surface area (Å²) in [6.07, 6.45) is 0. The number of benzene rings is 3. The summed E-state index contributed by atoms with van der Waals surface area (Å²) in [4.78, 5) is 23.8. The molecule has 0 amide bonds. The molecule has 0 saturated carbocycles. The first kappa shape index (κ1) is 15.4. The molecule has 5 heteroatoms. The third-order valence-corrected chi connectivity index (χ3v) is 4.59. The topological polar surface area (TPSA) is 73.6 Å². The third kappa shape index (κ3) is 2.66. The smallest absolute Gasteiger partial charge is 0.261 e. The van der Waals surface area contributed by atoms with Gasteiger partial charge in [-0.3, -0.25) is 4.79 Å². The zero-order valence-electron chi connectivity index (χ0n) is 14.4. The first-order valence-electron chi connectivity index (χ1n) is 8.72. The standard InChI is InChI=1S/C22H16N4O/c27-22-19(21-24-17-12-6-7-13-18(17)25-21)20(23-14-8-2-1-3-9-14)15-10-4-5-11-16(15)26-22/h1-13H,(H,24,25)(H2,23,26,27). The van der Waals surface area contributed by atoms with Crippen LogP contribution in [0.15, 0.2) is 83.7 Å². The van der Waals surface area contributed by atoms with Crippen LogP contribution < -0.4 is 10.9 Å². The van der Waals surface area contributed by atoms with Crippen molar-refractivity contribution in [2.45, 2.75) is 0 Å². The van der Waals surface area contributed by atoms with Gasteiger partial charge in [-0.2, -0.15) is 0 Å². The Labute approximate surface area is 154 Å². The van der Waals surface area contributed by atoms with Gasteiger partial charge in [0.25, 0.3) is 5.56 Å². The minimum absolute atomic E-state index is 0.189. The molecular formula is C22H16N4O. The maximum Gasteiger partial charge on any atom is 0.261 e. The van der Waals surface area contributed by atoms with Gasteiger partial charge < -0.3 is 15.3 Å². The highest BCUT2D eigenvalue weighted by Crippen LogP contribution is 2.32. The van der Waals surface area contributed by atoms with E-state index in [1.165, 1.54) is 0 Å². The van der Waals surface area contributed by atoms with Crippen molar-refractivity contribution in [1.29, 1.82) is 0 Å². The summed E-state index contributed by atoms with van der Waals surface area (Å²) in [5, 5.41) is 4.35. The lowest BCUT2D eigenvalue weighted by molar-refractivity contribution is 1.25. The van der Waals surface area contributed by atoms with Gasteiger partial charge in [-0.05, 0) is 30.3 Å². The van der Waals surface area contributed by atoms with E-state index in [0.29, 0.717) is 11.4 Å². The number of hydrogen-bond acceptors (Lipinski definition) is 3. The summed E-state index contributed by atoms with van der Waals surface area (Å²) < 4.78 is 0. The molecule has 5 aromatic rings. The Kier molecular flexibility index (Phi) is 3.50. The number of nitrogens with one attached hydrogen (secondary N) is 3. The highest BCUT2D eigenvalue weighted by Gasteiger charge is 2.18. The van der Waals surface area contributed by atoms with Gasteiger partial charge in [-0.15, -0.1) is 0 Å². The summed E-state index contributed by atoms with van der Waals surface area (Å²) in [6.45, 7) is 0. The Bertz CT molecular complexity index is 1290. The lowest BCUT2D eigenvalue weighted by atomic mass is 10.1. The van der Waals surface area contributed by atoms with Crippen LogP contribution in [-0.4, -0.2) is 15.0 Å². The molecule has 0 bridgehead atoms. The number of aromatic amines is 2. The molecule has 3 aromatic carbocycles. The normalized spacial score (nSPS) is 11.1. The first-order valence-corrected chi connectivity index (χ1v) is 8.72. The number of H-pyrrole nitrogens is 2. The molecular weight excluding hydrogens is 336 g/mol. The van der Waals surface area contributed by atoms with Crippen LogP contribution in [0.4, 0.5) is 11.4 Å². The van der Waals surface area contributed by atoms with E-state index in [1.807, 2.05) is 78.9 Å². The van der Waals surface area contributed by atoms with E-state index in [4.69, 9.17) is 0 Å². The molecule has 27 heavy (non-hydrogen) atoms. The maximum atomic E-state index is 13.0. The fraction of sp³-hybridized carbons (Fsp3) is 0. The summed E-state index contributed by atoms with van der Waals surface area (Å²) in [7, 11) is 0. The lowest BCUT2D eigenvalue weighted by Gasteiger charge is -2.13. The average Bonchev–Trinajstić information content (AvgIpc) is 3.12. The number of imidazole rings is 1. The fourth-order valence-electron chi connectivity index (χ4n) is 3.34. The van der Waals surface area contributed by atoms with Gasteiger partial charge in [-0.1, -0.05) is 48.5 Å². The first-order chi connectivity index (χ1) is 13.3. The molecule has 5 rings (SSSR count). The average molecular weight is 352 g/mol. The summed E-state index contributed by atoms with van der Waals surface area (Å²) in [5.41, 5.74) is 4.45. The SMILES string of the molecule is O=c1[nH]c2ccccc2c(Nc2ccccc2)c1-c1nc2ccccc2[nH]1. The quantitative estimate of drug-likeness (QED) is 0.436. The zero-order valence-corrected chi connectivity index (χ0v) is 14.4. The predicted octanol–water partition coefficient (Wildman–Crippen LogP) is 4.82. The zero-order chi connectivity index (χ0) is 18.2. The Morgan fingerprint density at radius 2 is 1.44 bits per heavy atom. The Morgan fingerprint density at radius 3 is 2.26 bits per heavy atom. The molecule has 130 valence electrons. The molecule has 0 spiro atoms. The summed E-state index contributed by atoms with van der Waals surface area (Å²) in [6, 6.07) is 25.3. The van der Waals surface area contributed by atoms with E-state index in [-0.39, 0.29) is 5.56 Å². The van der Waals surface area contributed by atoms with Crippen LogP contribution in [0.3, 0.4) is 0 Å². The molecule has 0 aliphatic heterocycles. The number of para-hydroxylation sites is 4. The van der Waals surface area contributed by atoms with Crippen molar-refractivity contribution in [3.8, 4) is 11.4 Å². The van der Waals surface area contributed by atoms with Crippen LogP contribution in [0.5, 0.6) is 0 Å². The molecule has 5 nitrogen and oxygen atoms in total. The maximum absolute atomic E-state index is 13.0. The molecule has 2 aromatic heterocycles. The molecule has 0 radical (unpaired) electrons. The number of nitrogens with zero attached hydrogens (tertiary/aromatic N) is 1. The number of aromatic nitrogens is 3. The largest absolute Gasteiger partial charge is 0.354 e. The van der Waals surface area contributed by atoms with Crippen molar-refractivity contribution in [3.05, 3.63) is 89.2 Å². The summed E-state index contributed by atoms with van der Waals surface area (Å²) in [5.74, 6) is 0.543. The fourth-order valence-corrected chi connectivity index (χ4v) is 3.34. The van der Waals surface area contributed by atoms with E-state index in [0.717, 1.165) is 33.3 Å². The van der Waals surface area contributed by atoms with Crippen molar-refractivity contribution in [2.24, 2.45) is 0 Å². The molecule has 0 atom stereocenters. The van der Waals surface area contributed by atoms with Gasteiger partial charge in [0, 0.05) is 11.1 Å². The van der Waals surface area contributed by atoms with Crippen LogP contribution in [0, 0.1) is 0 Å².